The molecule has 452 valence electrons. The molecule has 0 aliphatic heterocycles. The predicted octanol–water partition coefficient (Wildman–Crippen LogP) is 23.3. The summed E-state index contributed by atoms with van der Waals surface area (Å²) in [5.74, 6) is -0.913. The van der Waals surface area contributed by atoms with Crippen molar-refractivity contribution in [1.82, 2.24) is 0 Å². The summed E-state index contributed by atoms with van der Waals surface area (Å²) in [6, 6.07) is 0. The van der Waals surface area contributed by atoms with Gasteiger partial charge in [0.25, 0.3) is 0 Å². The van der Waals surface area contributed by atoms with Crippen LogP contribution in [0.2, 0.25) is 0 Å². The summed E-state index contributed by atoms with van der Waals surface area (Å²) in [7, 11) is 0. The van der Waals surface area contributed by atoms with Crippen molar-refractivity contribution in [2.24, 2.45) is 0 Å². The van der Waals surface area contributed by atoms with Crippen LogP contribution >= 0.6 is 0 Å². The molecule has 0 aromatic rings. The highest BCUT2D eigenvalue weighted by Gasteiger charge is 2.19. The highest BCUT2D eigenvalue weighted by Crippen LogP contribution is 2.18. The molecule has 0 heterocycles. The van der Waals surface area contributed by atoms with Crippen LogP contribution < -0.4 is 0 Å². The molecule has 0 saturated carbocycles. The number of unbranched alkanes of at least 4 members (excludes halogenated alkanes) is 39. The average Bonchev–Trinajstić information content (AvgIpc) is 3.44. The Balaban J connectivity index is 4.29. The predicted molar refractivity (Wildman–Crippen MR) is 339 cm³/mol. The number of ether oxygens (including phenoxy) is 3. The van der Waals surface area contributed by atoms with E-state index >= 15 is 0 Å². The number of esters is 3. The quantitative estimate of drug-likeness (QED) is 0.0261. The van der Waals surface area contributed by atoms with Crippen LogP contribution in [0.1, 0.15) is 348 Å². The molecule has 0 aromatic carbocycles. The second-order valence-corrected chi connectivity index (χ2v) is 22.7. The standard InChI is InChI=1S/C72H128O6/c1-4-7-10-13-16-19-22-25-28-30-32-33-34-35-36-37-38-39-41-42-44-47-50-53-56-59-62-65-71(74)77-68-69(67-76-70(73)64-61-58-55-52-49-46-27-24-21-18-15-12-9-6-3)78-72(75)66-63-60-57-54-51-48-45-43-40-31-29-26-23-20-17-14-11-8-5-2/h8,11,17,20,24,26-27,29,40,43,48,51,69H,4-7,9-10,12-16,18-19,21-23,25,28,30-39,41-42,44-47,49-50,52-68H2,1-3H3/b11-8-,20-17-,27-24-,29-26-,43-40-,51-48-. The Morgan fingerprint density at radius 3 is 0.808 bits per heavy atom. The van der Waals surface area contributed by atoms with Crippen LogP contribution in [-0.4, -0.2) is 37.2 Å². The maximum Gasteiger partial charge on any atom is 0.306 e. The van der Waals surface area contributed by atoms with Crippen molar-refractivity contribution in [3.8, 4) is 0 Å². The Bertz CT molecular complexity index is 1440. The Morgan fingerprint density at radius 2 is 0.500 bits per heavy atom. The average molecular weight is 1090 g/mol. The molecule has 0 spiro atoms. The van der Waals surface area contributed by atoms with Gasteiger partial charge in [0, 0.05) is 19.3 Å². The van der Waals surface area contributed by atoms with E-state index in [-0.39, 0.29) is 31.1 Å². The van der Waals surface area contributed by atoms with E-state index in [2.05, 4.69) is 93.7 Å². The summed E-state index contributed by atoms with van der Waals surface area (Å²) >= 11 is 0. The summed E-state index contributed by atoms with van der Waals surface area (Å²) in [5.41, 5.74) is 0. The third-order valence-electron chi connectivity index (χ3n) is 14.9. The Kier molecular flexibility index (Phi) is 63.7. The minimum absolute atomic E-state index is 0.0886. The van der Waals surface area contributed by atoms with Crippen molar-refractivity contribution in [1.29, 1.82) is 0 Å². The number of hydrogen-bond donors (Lipinski definition) is 0. The van der Waals surface area contributed by atoms with Gasteiger partial charge in [0.2, 0.25) is 0 Å². The summed E-state index contributed by atoms with van der Waals surface area (Å²) < 4.78 is 16.9. The molecule has 78 heavy (non-hydrogen) atoms. The Hall–Kier alpha value is -3.15. The summed E-state index contributed by atoms with van der Waals surface area (Å²) in [4.78, 5) is 38.3. The van der Waals surface area contributed by atoms with Crippen LogP contribution in [-0.2, 0) is 28.6 Å². The van der Waals surface area contributed by atoms with Gasteiger partial charge in [-0.2, -0.15) is 0 Å². The number of hydrogen-bond acceptors (Lipinski definition) is 6. The number of rotatable bonds is 62. The molecule has 6 heteroatoms. The van der Waals surface area contributed by atoms with Crippen molar-refractivity contribution >= 4 is 17.9 Å². The molecule has 0 rings (SSSR count). The van der Waals surface area contributed by atoms with Gasteiger partial charge >= 0.3 is 17.9 Å². The Morgan fingerprint density at radius 1 is 0.269 bits per heavy atom. The number of allylic oxidation sites excluding steroid dienone is 12. The molecular formula is C72H128O6. The first-order valence-corrected chi connectivity index (χ1v) is 33.9. The molecule has 0 bridgehead atoms. The van der Waals surface area contributed by atoms with Crippen molar-refractivity contribution < 1.29 is 28.6 Å². The first-order chi connectivity index (χ1) is 38.5. The van der Waals surface area contributed by atoms with Crippen molar-refractivity contribution in [2.45, 2.75) is 354 Å². The van der Waals surface area contributed by atoms with Crippen molar-refractivity contribution in [3.05, 3.63) is 72.9 Å². The normalized spacial score (nSPS) is 12.5. The smallest absolute Gasteiger partial charge is 0.306 e. The van der Waals surface area contributed by atoms with Gasteiger partial charge < -0.3 is 14.2 Å². The van der Waals surface area contributed by atoms with E-state index in [4.69, 9.17) is 14.2 Å². The zero-order valence-electron chi connectivity index (χ0n) is 51.9. The topological polar surface area (TPSA) is 78.9 Å². The van der Waals surface area contributed by atoms with Crippen LogP contribution in [0.5, 0.6) is 0 Å². The van der Waals surface area contributed by atoms with Gasteiger partial charge in [-0.25, -0.2) is 0 Å². The third kappa shape index (κ3) is 63.7. The van der Waals surface area contributed by atoms with Gasteiger partial charge in [0.05, 0.1) is 0 Å². The van der Waals surface area contributed by atoms with Crippen LogP contribution in [0.3, 0.4) is 0 Å². The number of carbonyl (C=O) groups is 3. The van der Waals surface area contributed by atoms with E-state index in [9.17, 15) is 14.4 Å². The monoisotopic (exact) mass is 1090 g/mol. The molecular weight excluding hydrogens is 961 g/mol. The molecule has 0 aliphatic rings. The zero-order valence-corrected chi connectivity index (χ0v) is 51.9. The lowest BCUT2D eigenvalue weighted by Gasteiger charge is -2.18. The zero-order chi connectivity index (χ0) is 56.4. The first-order valence-electron chi connectivity index (χ1n) is 33.9. The van der Waals surface area contributed by atoms with Crippen LogP contribution in [0.25, 0.3) is 0 Å². The van der Waals surface area contributed by atoms with Crippen molar-refractivity contribution in [2.75, 3.05) is 13.2 Å². The van der Waals surface area contributed by atoms with Gasteiger partial charge in [0.1, 0.15) is 13.2 Å². The molecule has 0 fully saturated rings. The number of carbonyl (C=O) groups excluding carboxylic acids is 3. The minimum Gasteiger partial charge on any atom is -0.462 e. The summed E-state index contributed by atoms with van der Waals surface area (Å²) in [5, 5.41) is 0. The molecule has 0 radical (unpaired) electrons. The molecule has 6 nitrogen and oxygen atoms in total. The molecule has 0 amide bonds. The fourth-order valence-electron chi connectivity index (χ4n) is 9.88. The molecule has 1 atom stereocenters. The fourth-order valence-corrected chi connectivity index (χ4v) is 9.88. The van der Waals surface area contributed by atoms with Crippen LogP contribution in [0.15, 0.2) is 72.9 Å². The van der Waals surface area contributed by atoms with Crippen LogP contribution in [0.4, 0.5) is 0 Å². The summed E-state index contributed by atoms with van der Waals surface area (Å²) in [6.07, 6.45) is 86.4. The highest BCUT2D eigenvalue weighted by atomic mass is 16.6. The maximum absolute atomic E-state index is 12.9. The SMILES string of the molecule is CC/C=C\C/C=C\C/C=C\C/C=C\C/C=C\CCCCCC(=O)OC(COC(=O)CCCCCCC/C=C\CCCCCCC)COC(=O)CCCCCCCCCCCCCCCCCCCCCCCCCCCCC. The lowest BCUT2D eigenvalue weighted by molar-refractivity contribution is -0.167. The maximum atomic E-state index is 12.9. The van der Waals surface area contributed by atoms with E-state index in [0.717, 1.165) is 103 Å². The van der Waals surface area contributed by atoms with Gasteiger partial charge in [-0.05, 0) is 89.9 Å². The lowest BCUT2D eigenvalue weighted by atomic mass is 10.0. The fraction of sp³-hybridized carbons (Fsp3) is 0.792. The van der Waals surface area contributed by atoms with E-state index in [0.29, 0.717) is 19.3 Å². The largest absolute Gasteiger partial charge is 0.462 e. The molecule has 0 aromatic heterocycles. The lowest BCUT2D eigenvalue weighted by Crippen LogP contribution is -2.30. The molecule has 0 saturated heterocycles. The highest BCUT2D eigenvalue weighted by molar-refractivity contribution is 5.71. The second kappa shape index (κ2) is 66.4. The minimum atomic E-state index is -0.796. The molecule has 1 unspecified atom stereocenters. The molecule has 0 N–H and O–H groups in total. The van der Waals surface area contributed by atoms with E-state index in [1.165, 1.54) is 205 Å². The van der Waals surface area contributed by atoms with E-state index in [1.54, 1.807) is 0 Å². The van der Waals surface area contributed by atoms with E-state index in [1.807, 2.05) is 0 Å². The van der Waals surface area contributed by atoms with Crippen molar-refractivity contribution in [3.63, 3.8) is 0 Å². The van der Waals surface area contributed by atoms with Crippen LogP contribution in [0, 0.1) is 0 Å². The first kappa shape index (κ1) is 74.8. The van der Waals surface area contributed by atoms with Gasteiger partial charge in [-0.1, -0.05) is 312 Å². The summed E-state index contributed by atoms with van der Waals surface area (Å²) in [6.45, 7) is 6.53. The van der Waals surface area contributed by atoms with Gasteiger partial charge in [0.15, 0.2) is 6.10 Å². The second-order valence-electron chi connectivity index (χ2n) is 22.7. The molecule has 0 aliphatic carbocycles. The van der Waals surface area contributed by atoms with Gasteiger partial charge in [-0.3, -0.25) is 14.4 Å². The van der Waals surface area contributed by atoms with Gasteiger partial charge in [-0.15, -0.1) is 0 Å². The van der Waals surface area contributed by atoms with E-state index < -0.39 is 6.10 Å². The third-order valence-corrected chi connectivity index (χ3v) is 14.9. The Labute approximate surface area is 484 Å².